The van der Waals surface area contributed by atoms with E-state index in [1.54, 1.807) is 12.1 Å². The smallest absolute Gasteiger partial charge is 0.331 e. The van der Waals surface area contributed by atoms with Gasteiger partial charge >= 0.3 is 5.69 Å². The summed E-state index contributed by atoms with van der Waals surface area (Å²) in [6.45, 7) is 1.92. The highest BCUT2D eigenvalue weighted by Gasteiger charge is 2.15. The van der Waals surface area contributed by atoms with Crippen molar-refractivity contribution in [1.82, 2.24) is 14.5 Å². The standard InChI is InChI=1S/C16H19N3O4/c1-10-4-6-11(7-5-10)13(20)9-17-15(22)12-8-14(21)19(3)16(23)18(12)2/h4-8,13,20H,9H2,1-3H3,(H,17,22). The molecule has 2 rings (SSSR count). The van der Waals surface area contributed by atoms with E-state index in [1.807, 2.05) is 19.1 Å². The van der Waals surface area contributed by atoms with E-state index in [2.05, 4.69) is 5.32 Å². The molecule has 0 aliphatic heterocycles. The number of benzene rings is 1. The Balaban J connectivity index is 2.13. The van der Waals surface area contributed by atoms with Crippen LogP contribution in [-0.4, -0.2) is 26.7 Å². The van der Waals surface area contributed by atoms with Crippen molar-refractivity contribution in [2.45, 2.75) is 13.0 Å². The van der Waals surface area contributed by atoms with E-state index < -0.39 is 23.3 Å². The Kier molecular flexibility index (Phi) is 4.80. The molecule has 1 aromatic carbocycles. The Morgan fingerprint density at radius 2 is 1.78 bits per heavy atom. The number of aromatic nitrogens is 2. The van der Waals surface area contributed by atoms with Crippen LogP contribution in [0.25, 0.3) is 0 Å². The third-order valence-electron chi connectivity index (χ3n) is 3.68. The minimum absolute atomic E-state index is 0.0225. The van der Waals surface area contributed by atoms with E-state index >= 15 is 0 Å². The maximum absolute atomic E-state index is 12.1. The molecular weight excluding hydrogens is 298 g/mol. The van der Waals surface area contributed by atoms with Gasteiger partial charge in [0, 0.05) is 26.7 Å². The van der Waals surface area contributed by atoms with Crippen LogP contribution in [0.5, 0.6) is 0 Å². The van der Waals surface area contributed by atoms with E-state index in [4.69, 9.17) is 0 Å². The van der Waals surface area contributed by atoms with Gasteiger partial charge in [-0.25, -0.2) is 4.79 Å². The lowest BCUT2D eigenvalue weighted by atomic mass is 10.1. The minimum Gasteiger partial charge on any atom is -0.387 e. The van der Waals surface area contributed by atoms with Crippen molar-refractivity contribution in [3.05, 3.63) is 68.0 Å². The summed E-state index contributed by atoms with van der Waals surface area (Å²) in [6, 6.07) is 8.38. The van der Waals surface area contributed by atoms with Gasteiger partial charge in [-0.15, -0.1) is 0 Å². The number of amides is 1. The zero-order valence-corrected chi connectivity index (χ0v) is 13.2. The molecule has 0 aliphatic rings. The summed E-state index contributed by atoms with van der Waals surface area (Å²) in [4.78, 5) is 35.6. The molecule has 1 unspecified atom stereocenters. The van der Waals surface area contributed by atoms with Crippen molar-refractivity contribution in [2.75, 3.05) is 6.54 Å². The first-order valence-electron chi connectivity index (χ1n) is 7.11. The van der Waals surface area contributed by atoms with Crippen molar-refractivity contribution >= 4 is 5.91 Å². The Bertz CT molecular complexity index is 834. The molecule has 0 spiro atoms. The van der Waals surface area contributed by atoms with Gasteiger partial charge in [0.05, 0.1) is 6.10 Å². The van der Waals surface area contributed by atoms with Crippen LogP contribution < -0.4 is 16.6 Å². The maximum atomic E-state index is 12.1. The molecule has 7 heteroatoms. The van der Waals surface area contributed by atoms with Crippen LogP contribution in [0.2, 0.25) is 0 Å². The molecule has 1 heterocycles. The predicted molar refractivity (Wildman–Crippen MR) is 85.4 cm³/mol. The van der Waals surface area contributed by atoms with Gasteiger partial charge < -0.3 is 10.4 Å². The third-order valence-corrected chi connectivity index (χ3v) is 3.68. The Hall–Kier alpha value is -2.67. The monoisotopic (exact) mass is 317 g/mol. The number of aliphatic hydroxyl groups excluding tert-OH is 1. The fourth-order valence-corrected chi connectivity index (χ4v) is 2.14. The summed E-state index contributed by atoms with van der Waals surface area (Å²) in [5, 5.41) is 12.6. The molecule has 0 saturated heterocycles. The lowest BCUT2D eigenvalue weighted by Crippen LogP contribution is -2.41. The first-order valence-corrected chi connectivity index (χ1v) is 7.11. The third kappa shape index (κ3) is 3.57. The highest BCUT2D eigenvalue weighted by Crippen LogP contribution is 2.12. The highest BCUT2D eigenvalue weighted by atomic mass is 16.3. The lowest BCUT2D eigenvalue weighted by Gasteiger charge is -2.14. The van der Waals surface area contributed by atoms with E-state index in [-0.39, 0.29) is 12.2 Å². The number of carbonyl (C=O) groups excluding carboxylic acids is 1. The SMILES string of the molecule is Cc1ccc(C(O)CNC(=O)c2cc(=O)n(C)c(=O)n2C)cc1. The molecule has 7 nitrogen and oxygen atoms in total. The molecule has 0 aliphatic carbocycles. The second kappa shape index (κ2) is 6.62. The van der Waals surface area contributed by atoms with Crippen LogP contribution >= 0.6 is 0 Å². The lowest BCUT2D eigenvalue weighted by molar-refractivity contribution is 0.0906. The fraction of sp³-hybridized carbons (Fsp3) is 0.312. The van der Waals surface area contributed by atoms with Gasteiger partial charge in [-0.05, 0) is 12.5 Å². The average molecular weight is 317 g/mol. The van der Waals surface area contributed by atoms with E-state index in [1.165, 1.54) is 14.1 Å². The number of aryl methyl sites for hydroxylation is 1. The van der Waals surface area contributed by atoms with Gasteiger partial charge in [0.2, 0.25) is 0 Å². The number of hydrogen-bond donors (Lipinski definition) is 2. The quantitative estimate of drug-likeness (QED) is 0.820. The Morgan fingerprint density at radius 3 is 2.39 bits per heavy atom. The normalized spacial score (nSPS) is 12.0. The molecule has 0 fully saturated rings. The van der Waals surface area contributed by atoms with Crippen LogP contribution in [0.4, 0.5) is 0 Å². The summed E-state index contributed by atoms with van der Waals surface area (Å²) >= 11 is 0. The molecule has 1 atom stereocenters. The topological polar surface area (TPSA) is 93.3 Å². The maximum Gasteiger partial charge on any atom is 0.331 e. The summed E-state index contributed by atoms with van der Waals surface area (Å²) < 4.78 is 2.01. The van der Waals surface area contributed by atoms with E-state index in [9.17, 15) is 19.5 Å². The second-order valence-electron chi connectivity index (χ2n) is 5.40. The number of rotatable bonds is 4. The first kappa shape index (κ1) is 16.7. The molecule has 2 aromatic rings. The van der Waals surface area contributed by atoms with Crippen molar-refractivity contribution in [3.8, 4) is 0 Å². The molecule has 0 radical (unpaired) electrons. The van der Waals surface area contributed by atoms with Crippen LogP contribution in [0.3, 0.4) is 0 Å². The molecule has 1 aromatic heterocycles. The number of hydrogen-bond acceptors (Lipinski definition) is 4. The number of nitrogens with zero attached hydrogens (tertiary/aromatic N) is 2. The van der Waals surface area contributed by atoms with Gasteiger partial charge in [0.15, 0.2) is 0 Å². The fourth-order valence-electron chi connectivity index (χ4n) is 2.14. The molecule has 0 saturated carbocycles. The molecular formula is C16H19N3O4. The molecule has 122 valence electrons. The van der Waals surface area contributed by atoms with Gasteiger partial charge in [-0.3, -0.25) is 18.7 Å². The largest absolute Gasteiger partial charge is 0.387 e. The summed E-state index contributed by atoms with van der Waals surface area (Å²) in [6.07, 6.45) is -0.872. The Labute approximate surface area is 132 Å². The second-order valence-corrected chi connectivity index (χ2v) is 5.40. The molecule has 23 heavy (non-hydrogen) atoms. The zero-order chi connectivity index (χ0) is 17.1. The van der Waals surface area contributed by atoms with Gasteiger partial charge in [0.25, 0.3) is 11.5 Å². The molecule has 0 bridgehead atoms. The number of aliphatic hydroxyl groups is 1. The van der Waals surface area contributed by atoms with Gasteiger partial charge in [-0.1, -0.05) is 29.8 Å². The number of nitrogens with one attached hydrogen (secondary N) is 1. The Morgan fingerprint density at radius 1 is 1.17 bits per heavy atom. The van der Waals surface area contributed by atoms with Crippen molar-refractivity contribution in [2.24, 2.45) is 14.1 Å². The van der Waals surface area contributed by atoms with Crippen LogP contribution in [0.1, 0.15) is 27.7 Å². The van der Waals surface area contributed by atoms with Crippen LogP contribution in [-0.2, 0) is 14.1 Å². The summed E-state index contributed by atoms with van der Waals surface area (Å²) in [5.41, 5.74) is 0.558. The van der Waals surface area contributed by atoms with E-state index in [0.717, 1.165) is 20.8 Å². The van der Waals surface area contributed by atoms with Crippen molar-refractivity contribution in [1.29, 1.82) is 0 Å². The van der Waals surface area contributed by atoms with Crippen LogP contribution in [0, 0.1) is 6.92 Å². The van der Waals surface area contributed by atoms with Gasteiger partial charge in [0.1, 0.15) is 5.69 Å². The first-order chi connectivity index (χ1) is 10.8. The van der Waals surface area contributed by atoms with E-state index in [0.29, 0.717) is 5.56 Å². The minimum atomic E-state index is -0.872. The highest BCUT2D eigenvalue weighted by molar-refractivity contribution is 5.92. The van der Waals surface area contributed by atoms with Gasteiger partial charge in [-0.2, -0.15) is 0 Å². The number of carbonyl (C=O) groups is 1. The average Bonchev–Trinajstić information content (AvgIpc) is 2.54. The van der Waals surface area contributed by atoms with Crippen molar-refractivity contribution in [3.63, 3.8) is 0 Å². The zero-order valence-electron chi connectivity index (χ0n) is 13.2. The van der Waals surface area contributed by atoms with Crippen molar-refractivity contribution < 1.29 is 9.90 Å². The van der Waals surface area contributed by atoms with Crippen LogP contribution in [0.15, 0.2) is 39.9 Å². The summed E-state index contributed by atoms with van der Waals surface area (Å²) in [5.74, 6) is -0.589. The molecule has 1 amide bonds. The summed E-state index contributed by atoms with van der Waals surface area (Å²) in [7, 11) is 2.75. The predicted octanol–water partition coefficient (Wildman–Crippen LogP) is -0.144. The molecule has 2 N–H and O–H groups in total.